The normalized spacial score (nSPS) is 12.4. The summed E-state index contributed by atoms with van der Waals surface area (Å²) in [5, 5.41) is 0. The fourth-order valence-corrected chi connectivity index (χ4v) is 2.63. The van der Waals surface area contributed by atoms with Gasteiger partial charge in [-0.2, -0.15) is 0 Å². The topological polar surface area (TPSA) is 0 Å². The van der Waals surface area contributed by atoms with Gasteiger partial charge in [0.2, 0.25) is 0 Å². The van der Waals surface area contributed by atoms with Crippen molar-refractivity contribution in [3.63, 3.8) is 0 Å². The van der Waals surface area contributed by atoms with Crippen LogP contribution in [0.1, 0.15) is 27.1 Å². The summed E-state index contributed by atoms with van der Waals surface area (Å²) in [6, 6.07) is 13.6. The third-order valence-electron chi connectivity index (χ3n) is 2.96. The summed E-state index contributed by atoms with van der Waals surface area (Å²) < 4.78 is 13.4. The van der Waals surface area contributed by atoms with Crippen molar-refractivity contribution < 1.29 is 4.39 Å². The van der Waals surface area contributed by atoms with Gasteiger partial charge in [0.25, 0.3) is 0 Å². The van der Waals surface area contributed by atoms with E-state index in [9.17, 15) is 4.39 Å². The molecule has 18 heavy (non-hydrogen) atoms. The lowest BCUT2D eigenvalue weighted by atomic mass is 10.0. The molecule has 0 aliphatic heterocycles. The van der Waals surface area contributed by atoms with Crippen molar-refractivity contribution in [1.82, 2.24) is 0 Å². The third kappa shape index (κ3) is 3.42. The van der Waals surface area contributed by atoms with Crippen molar-refractivity contribution in [3.05, 3.63) is 70.5 Å². The second-order valence-electron chi connectivity index (χ2n) is 4.72. The Hall–Kier alpha value is -1.15. The van der Waals surface area contributed by atoms with E-state index in [0.717, 1.165) is 17.5 Å². The molecule has 0 aliphatic carbocycles. The van der Waals surface area contributed by atoms with Gasteiger partial charge < -0.3 is 0 Å². The van der Waals surface area contributed by atoms with Gasteiger partial charge in [0.15, 0.2) is 0 Å². The smallest absolute Gasteiger partial charge is 0.123 e. The number of halogens is 2. The number of rotatable bonds is 3. The largest absolute Gasteiger partial charge is 0.207 e. The van der Waals surface area contributed by atoms with E-state index >= 15 is 0 Å². The van der Waals surface area contributed by atoms with Gasteiger partial charge in [-0.25, -0.2) is 4.39 Å². The van der Waals surface area contributed by atoms with Gasteiger partial charge in [-0.3, -0.25) is 0 Å². The molecular formula is C16H16BrF. The highest BCUT2D eigenvalue weighted by Crippen LogP contribution is 2.28. The Morgan fingerprint density at radius 1 is 1.00 bits per heavy atom. The first-order valence-corrected chi connectivity index (χ1v) is 6.93. The molecule has 0 saturated heterocycles. The van der Waals surface area contributed by atoms with Crippen molar-refractivity contribution in [3.8, 4) is 0 Å². The van der Waals surface area contributed by atoms with Crippen molar-refractivity contribution in [2.45, 2.75) is 25.1 Å². The summed E-state index contributed by atoms with van der Waals surface area (Å²) >= 11 is 3.64. The summed E-state index contributed by atoms with van der Waals surface area (Å²) in [4.78, 5) is 0.148. The van der Waals surface area contributed by atoms with Crippen LogP contribution in [0.15, 0.2) is 42.5 Å². The van der Waals surface area contributed by atoms with Crippen molar-refractivity contribution >= 4 is 15.9 Å². The molecular weight excluding hydrogens is 291 g/mol. The quantitative estimate of drug-likeness (QED) is 0.690. The molecule has 0 bridgehead atoms. The summed E-state index contributed by atoms with van der Waals surface area (Å²) in [7, 11) is 0. The maximum Gasteiger partial charge on any atom is 0.123 e. The first-order valence-electron chi connectivity index (χ1n) is 6.01. The zero-order valence-electron chi connectivity index (χ0n) is 10.6. The highest BCUT2D eigenvalue weighted by Gasteiger charge is 2.10. The second kappa shape index (κ2) is 5.66. The zero-order chi connectivity index (χ0) is 13.1. The van der Waals surface area contributed by atoms with E-state index in [4.69, 9.17) is 0 Å². The third-order valence-corrected chi connectivity index (χ3v) is 3.81. The summed E-state index contributed by atoms with van der Waals surface area (Å²) in [5.41, 5.74) is 4.46. The van der Waals surface area contributed by atoms with E-state index < -0.39 is 0 Å². The Morgan fingerprint density at radius 3 is 2.28 bits per heavy atom. The van der Waals surface area contributed by atoms with Crippen LogP contribution in [-0.4, -0.2) is 0 Å². The molecule has 0 N–H and O–H groups in total. The minimum Gasteiger partial charge on any atom is -0.207 e. The predicted molar refractivity (Wildman–Crippen MR) is 77.7 cm³/mol. The van der Waals surface area contributed by atoms with Crippen LogP contribution in [0.3, 0.4) is 0 Å². The SMILES string of the molecule is Cc1ccc(CC(Br)c2cc(C)cc(F)c2)cc1. The van der Waals surface area contributed by atoms with Gasteiger partial charge in [-0.15, -0.1) is 0 Å². The average molecular weight is 307 g/mol. The maximum absolute atomic E-state index is 13.4. The van der Waals surface area contributed by atoms with E-state index in [1.54, 1.807) is 12.1 Å². The van der Waals surface area contributed by atoms with Gasteiger partial charge in [0, 0.05) is 4.83 Å². The van der Waals surface area contributed by atoms with Gasteiger partial charge in [0.1, 0.15) is 5.82 Å². The molecule has 1 unspecified atom stereocenters. The van der Waals surface area contributed by atoms with Crippen LogP contribution in [0.4, 0.5) is 4.39 Å². The fourth-order valence-electron chi connectivity index (χ4n) is 1.99. The molecule has 94 valence electrons. The number of alkyl halides is 1. The van der Waals surface area contributed by atoms with Gasteiger partial charge >= 0.3 is 0 Å². The minimum absolute atomic E-state index is 0.148. The average Bonchev–Trinajstić information content (AvgIpc) is 2.31. The van der Waals surface area contributed by atoms with Crippen LogP contribution < -0.4 is 0 Å². The molecule has 0 radical (unpaired) electrons. The monoisotopic (exact) mass is 306 g/mol. The van der Waals surface area contributed by atoms with E-state index in [0.29, 0.717) is 0 Å². The van der Waals surface area contributed by atoms with E-state index in [1.807, 2.05) is 13.0 Å². The van der Waals surface area contributed by atoms with Crippen LogP contribution in [0.2, 0.25) is 0 Å². The number of benzene rings is 2. The second-order valence-corrected chi connectivity index (χ2v) is 5.82. The lowest BCUT2D eigenvalue weighted by Gasteiger charge is -2.11. The molecule has 2 rings (SSSR count). The Morgan fingerprint density at radius 2 is 1.67 bits per heavy atom. The molecule has 0 aromatic heterocycles. The van der Waals surface area contributed by atoms with Crippen LogP contribution in [0.25, 0.3) is 0 Å². The number of aryl methyl sites for hydroxylation is 2. The molecule has 2 aromatic carbocycles. The number of hydrogen-bond donors (Lipinski definition) is 0. The molecule has 0 nitrogen and oxygen atoms in total. The lowest BCUT2D eigenvalue weighted by molar-refractivity contribution is 0.623. The first kappa shape index (κ1) is 13.3. The van der Waals surface area contributed by atoms with Crippen LogP contribution in [0, 0.1) is 19.7 Å². The van der Waals surface area contributed by atoms with E-state index in [-0.39, 0.29) is 10.6 Å². The van der Waals surface area contributed by atoms with Crippen molar-refractivity contribution in [2.75, 3.05) is 0 Å². The van der Waals surface area contributed by atoms with Crippen LogP contribution in [-0.2, 0) is 6.42 Å². The van der Waals surface area contributed by atoms with Crippen molar-refractivity contribution in [2.24, 2.45) is 0 Å². The Labute approximate surface area is 116 Å². The molecule has 0 heterocycles. The molecule has 2 heteroatoms. The summed E-state index contributed by atoms with van der Waals surface area (Å²) in [6.45, 7) is 3.99. The lowest BCUT2D eigenvalue weighted by Crippen LogP contribution is -1.97. The predicted octanol–water partition coefficient (Wildman–Crippen LogP) is 5.12. The highest BCUT2D eigenvalue weighted by atomic mass is 79.9. The van der Waals surface area contributed by atoms with Gasteiger partial charge in [-0.1, -0.05) is 51.8 Å². The molecule has 0 saturated carbocycles. The maximum atomic E-state index is 13.4. The zero-order valence-corrected chi connectivity index (χ0v) is 12.2. The molecule has 2 aromatic rings. The van der Waals surface area contributed by atoms with Crippen LogP contribution in [0.5, 0.6) is 0 Å². The van der Waals surface area contributed by atoms with E-state index in [1.165, 1.54) is 11.1 Å². The Kier molecular flexibility index (Phi) is 4.18. The number of hydrogen-bond acceptors (Lipinski definition) is 0. The first-order chi connectivity index (χ1) is 8.54. The molecule has 1 atom stereocenters. The summed E-state index contributed by atoms with van der Waals surface area (Å²) in [6.07, 6.45) is 0.864. The van der Waals surface area contributed by atoms with Gasteiger partial charge in [-0.05, 0) is 49.1 Å². The molecule has 0 fully saturated rings. The van der Waals surface area contributed by atoms with Crippen LogP contribution >= 0.6 is 15.9 Å². The Bertz CT molecular complexity index is 511. The molecule has 0 spiro atoms. The molecule has 0 amide bonds. The Balaban J connectivity index is 2.16. The summed E-state index contributed by atoms with van der Waals surface area (Å²) in [5.74, 6) is -0.168. The minimum atomic E-state index is -0.168. The highest BCUT2D eigenvalue weighted by molar-refractivity contribution is 9.09. The van der Waals surface area contributed by atoms with Crippen molar-refractivity contribution in [1.29, 1.82) is 0 Å². The fraction of sp³-hybridized carbons (Fsp3) is 0.250. The van der Waals surface area contributed by atoms with Gasteiger partial charge in [0.05, 0.1) is 0 Å². The molecule has 0 aliphatic rings. The van der Waals surface area contributed by atoms with E-state index in [2.05, 4.69) is 47.1 Å². The standard InChI is InChI=1S/C16H16BrF/c1-11-3-5-13(6-4-11)9-16(17)14-7-12(2)8-15(18)10-14/h3-8,10,16H,9H2,1-2H3.